The second-order valence-corrected chi connectivity index (χ2v) is 4.71. The summed E-state index contributed by atoms with van der Waals surface area (Å²) < 4.78 is 0. The van der Waals surface area contributed by atoms with Gasteiger partial charge in [0.2, 0.25) is 5.91 Å². The zero-order valence-corrected chi connectivity index (χ0v) is 9.62. The van der Waals surface area contributed by atoms with Crippen LogP contribution in [0.1, 0.15) is 39.5 Å². The van der Waals surface area contributed by atoms with Crippen LogP contribution in [0.2, 0.25) is 0 Å². The van der Waals surface area contributed by atoms with Gasteiger partial charge in [0.25, 0.3) is 0 Å². The van der Waals surface area contributed by atoms with Crippen LogP contribution in [0.4, 0.5) is 0 Å². The van der Waals surface area contributed by atoms with Crippen LogP contribution in [0.5, 0.6) is 0 Å². The highest BCUT2D eigenvalue weighted by Crippen LogP contribution is 2.44. The minimum Gasteiger partial charge on any atom is -0.481 e. The van der Waals surface area contributed by atoms with Crippen LogP contribution >= 0.6 is 0 Å². The van der Waals surface area contributed by atoms with Gasteiger partial charge >= 0.3 is 5.97 Å². The summed E-state index contributed by atoms with van der Waals surface area (Å²) in [6.45, 7) is 3.85. The number of carbonyl (C=O) groups excluding carboxylic acids is 1. The van der Waals surface area contributed by atoms with E-state index in [1.165, 1.54) is 0 Å². The molecule has 1 amide bonds. The Labute approximate surface area is 90.3 Å². The Morgan fingerprint density at radius 2 is 1.93 bits per heavy atom. The first-order valence-corrected chi connectivity index (χ1v) is 5.38. The van der Waals surface area contributed by atoms with Gasteiger partial charge in [-0.15, -0.1) is 0 Å². The molecule has 1 saturated carbocycles. The van der Waals surface area contributed by atoms with Crippen molar-refractivity contribution >= 4 is 11.9 Å². The normalized spacial score (nSPS) is 18.4. The maximum Gasteiger partial charge on any atom is 0.310 e. The molecule has 0 unspecified atom stereocenters. The van der Waals surface area contributed by atoms with Crippen LogP contribution in [0, 0.1) is 5.41 Å². The first-order valence-electron chi connectivity index (χ1n) is 5.38. The second kappa shape index (κ2) is 4.21. The smallest absolute Gasteiger partial charge is 0.310 e. The molecule has 1 fully saturated rings. The predicted molar refractivity (Wildman–Crippen MR) is 56.4 cm³/mol. The van der Waals surface area contributed by atoms with E-state index in [1.54, 1.807) is 11.9 Å². The van der Waals surface area contributed by atoms with Crippen LogP contribution in [0.25, 0.3) is 0 Å². The lowest BCUT2D eigenvalue weighted by Crippen LogP contribution is -2.44. The molecule has 1 rings (SSSR count). The van der Waals surface area contributed by atoms with Crippen molar-refractivity contribution in [2.45, 2.75) is 45.6 Å². The first-order chi connectivity index (χ1) is 6.89. The summed E-state index contributed by atoms with van der Waals surface area (Å²) in [7, 11) is 1.72. The quantitative estimate of drug-likeness (QED) is 0.769. The van der Waals surface area contributed by atoms with E-state index in [4.69, 9.17) is 5.11 Å². The number of nitrogens with zero attached hydrogens (tertiary/aromatic N) is 1. The molecular weight excluding hydrogens is 194 g/mol. The van der Waals surface area contributed by atoms with Gasteiger partial charge in [-0.05, 0) is 26.7 Å². The molecule has 1 N–H and O–H groups in total. The average molecular weight is 213 g/mol. The Morgan fingerprint density at radius 3 is 2.20 bits per heavy atom. The summed E-state index contributed by atoms with van der Waals surface area (Å²) in [5.74, 6) is -0.883. The fraction of sp³-hybridized carbons (Fsp3) is 0.818. The number of carboxylic acids is 1. The van der Waals surface area contributed by atoms with E-state index in [1.807, 2.05) is 13.8 Å². The highest BCUT2D eigenvalue weighted by atomic mass is 16.4. The molecule has 4 nitrogen and oxygen atoms in total. The van der Waals surface area contributed by atoms with Gasteiger partial charge in [-0.2, -0.15) is 0 Å². The molecule has 0 aliphatic heterocycles. The van der Waals surface area contributed by atoms with E-state index >= 15 is 0 Å². The maximum absolute atomic E-state index is 11.8. The van der Waals surface area contributed by atoms with Crippen LogP contribution < -0.4 is 0 Å². The van der Waals surface area contributed by atoms with E-state index in [9.17, 15) is 9.59 Å². The van der Waals surface area contributed by atoms with Crippen molar-refractivity contribution in [1.29, 1.82) is 0 Å². The second-order valence-electron chi connectivity index (χ2n) is 4.71. The predicted octanol–water partition coefficient (Wildman–Crippen LogP) is 1.50. The maximum atomic E-state index is 11.8. The Kier molecular flexibility index (Phi) is 3.37. The van der Waals surface area contributed by atoms with Gasteiger partial charge in [0.1, 0.15) is 0 Å². The summed E-state index contributed by atoms with van der Waals surface area (Å²) >= 11 is 0. The molecule has 0 aromatic rings. The number of hydrogen-bond acceptors (Lipinski definition) is 2. The monoisotopic (exact) mass is 213 g/mol. The SMILES string of the molecule is CC(C)N(C)C(=O)CC1(C(=O)O)CCC1. The van der Waals surface area contributed by atoms with Crippen molar-refractivity contribution in [3.8, 4) is 0 Å². The van der Waals surface area contributed by atoms with E-state index in [-0.39, 0.29) is 18.4 Å². The molecular formula is C11H19NO3. The van der Waals surface area contributed by atoms with Gasteiger partial charge in [0.15, 0.2) is 0 Å². The first kappa shape index (κ1) is 12.0. The summed E-state index contributed by atoms with van der Waals surface area (Å²) in [6.07, 6.45) is 2.35. The van der Waals surface area contributed by atoms with Crippen molar-refractivity contribution in [2.24, 2.45) is 5.41 Å². The Bertz CT molecular complexity index is 269. The number of rotatable bonds is 4. The standard InChI is InChI=1S/C11H19NO3/c1-8(2)12(3)9(13)7-11(10(14)15)5-4-6-11/h8H,4-7H2,1-3H3,(H,14,15). The zero-order valence-electron chi connectivity index (χ0n) is 9.62. The molecule has 0 aromatic heterocycles. The fourth-order valence-corrected chi connectivity index (χ4v) is 1.77. The molecule has 0 radical (unpaired) electrons. The van der Waals surface area contributed by atoms with Gasteiger partial charge in [-0.3, -0.25) is 9.59 Å². The summed E-state index contributed by atoms with van der Waals surface area (Å²) in [5, 5.41) is 9.08. The van der Waals surface area contributed by atoms with Crippen LogP contribution in [-0.2, 0) is 9.59 Å². The third-order valence-electron chi connectivity index (χ3n) is 3.42. The van der Waals surface area contributed by atoms with E-state index in [0.717, 1.165) is 6.42 Å². The summed E-state index contributed by atoms with van der Waals surface area (Å²) in [5.41, 5.74) is -0.764. The highest BCUT2D eigenvalue weighted by Gasteiger charge is 2.46. The third kappa shape index (κ3) is 2.30. The van der Waals surface area contributed by atoms with Gasteiger partial charge in [0.05, 0.1) is 5.41 Å². The lowest BCUT2D eigenvalue weighted by molar-refractivity contribution is -0.159. The number of aliphatic carboxylic acids is 1. The van der Waals surface area contributed by atoms with Gasteiger partial charge in [-0.1, -0.05) is 6.42 Å². The highest BCUT2D eigenvalue weighted by molar-refractivity contribution is 5.85. The van der Waals surface area contributed by atoms with Crippen molar-refractivity contribution in [3.63, 3.8) is 0 Å². The van der Waals surface area contributed by atoms with Crippen LogP contribution in [-0.4, -0.2) is 35.0 Å². The number of amides is 1. The minimum atomic E-state index is -0.820. The van der Waals surface area contributed by atoms with Crippen molar-refractivity contribution < 1.29 is 14.7 Å². The van der Waals surface area contributed by atoms with E-state index < -0.39 is 11.4 Å². The lowest BCUT2D eigenvalue weighted by atomic mass is 9.66. The third-order valence-corrected chi connectivity index (χ3v) is 3.42. The topological polar surface area (TPSA) is 57.6 Å². The molecule has 86 valence electrons. The van der Waals surface area contributed by atoms with Gasteiger partial charge in [-0.25, -0.2) is 0 Å². The molecule has 0 spiro atoms. The Morgan fingerprint density at radius 1 is 1.40 bits per heavy atom. The molecule has 1 aliphatic rings. The van der Waals surface area contributed by atoms with Crippen molar-refractivity contribution in [1.82, 2.24) is 4.90 Å². The molecule has 0 atom stereocenters. The largest absolute Gasteiger partial charge is 0.481 e. The van der Waals surface area contributed by atoms with Crippen molar-refractivity contribution in [3.05, 3.63) is 0 Å². The molecule has 4 heteroatoms. The molecule has 0 heterocycles. The van der Waals surface area contributed by atoms with Crippen molar-refractivity contribution in [2.75, 3.05) is 7.05 Å². The molecule has 0 saturated heterocycles. The Hall–Kier alpha value is -1.06. The number of hydrogen-bond donors (Lipinski definition) is 1. The van der Waals surface area contributed by atoms with E-state index in [0.29, 0.717) is 12.8 Å². The Balaban J connectivity index is 2.60. The van der Waals surface area contributed by atoms with Gasteiger partial charge in [0, 0.05) is 19.5 Å². The summed E-state index contributed by atoms with van der Waals surface area (Å²) in [6, 6.07) is 0.128. The van der Waals surface area contributed by atoms with Gasteiger partial charge < -0.3 is 10.0 Å². The number of carboxylic acid groups (broad SMARTS) is 1. The molecule has 1 aliphatic carbocycles. The minimum absolute atomic E-state index is 0.0629. The van der Waals surface area contributed by atoms with E-state index in [2.05, 4.69) is 0 Å². The number of carbonyl (C=O) groups is 2. The summed E-state index contributed by atoms with van der Waals surface area (Å²) in [4.78, 5) is 24.4. The molecule has 15 heavy (non-hydrogen) atoms. The zero-order chi connectivity index (χ0) is 11.6. The molecule has 0 bridgehead atoms. The fourth-order valence-electron chi connectivity index (χ4n) is 1.77. The van der Waals surface area contributed by atoms with Crippen LogP contribution in [0.3, 0.4) is 0 Å². The lowest BCUT2D eigenvalue weighted by Gasteiger charge is -2.38. The van der Waals surface area contributed by atoms with Crippen LogP contribution in [0.15, 0.2) is 0 Å². The molecule has 0 aromatic carbocycles. The average Bonchev–Trinajstić information content (AvgIpc) is 2.08.